The van der Waals surface area contributed by atoms with E-state index in [0.29, 0.717) is 12.2 Å². The summed E-state index contributed by atoms with van der Waals surface area (Å²) in [6, 6.07) is 2.95. The summed E-state index contributed by atoms with van der Waals surface area (Å²) in [5, 5.41) is 15.5. The van der Waals surface area contributed by atoms with Gasteiger partial charge in [-0.2, -0.15) is 0 Å². The summed E-state index contributed by atoms with van der Waals surface area (Å²) in [5.41, 5.74) is 0.495. The number of rotatable bonds is 2. The summed E-state index contributed by atoms with van der Waals surface area (Å²) in [4.78, 5) is 11.8. The number of phenols is 1. The number of anilines is 1. The zero-order valence-corrected chi connectivity index (χ0v) is 10.5. The van der Waals surface area contributed by atoms with Gasteiger partial charge in [0.25, 0.3) is 0 Å². The second-order valence-electron chi connectivity index (χ2n) is 3.97. The van der Waals surface area contributed by atoms with Gasteiger partial charge >= 0.3 is 0 Å². The van der Waals surface area contributed by atoms with E-state index < -0.39 is 0 Å². The SMILES string of the molecule is O=C(Nc1cc(Cl)c(O)c(Cl)c1)C1CCNC1. The molecule has 6 heteroatoms. The Hall–Kier alpha value is -0.970. The van der Waals surface area contributed by atoms with Crippen LogP contribution in [0.1, 0.15) is 6.42 Å². The van der Waals surface area contributed by atoms with Crippen LogP contribution in [-0.4, -0.2) is 24.1 Å². The Morgan fingerprint density at radius 2 is 2.06 bits per heavy atom. The molecule has 1 heterocycles. The normalized spacial score (nSPS) is 19.3. The molecule has 3 N–H and O–H groups in total. The van der Waals surface area contributed by atoms with E-state index in [4.69, 9.17) is 23.2 Å². The monoisotopic (exact) mass is 274 g/mol. The Morgan fingerprint density at radius 3 is 2.59 bits per heavy atom. The maximum atomic E-state index is 11.8. The molecule has 92 valence electrons. The molecule has 0 bridgehead atoms. The molecule has 17 heavy (non-hydrogen) atoms. The van der Waals surface area contributed by atoms with Crippen LogP contribution in [0.25, 0.3) is 0 Å². The molecule has 1 aromatic rings. The Morgan fingerprint density at radius 1 is 1.41 bits per heavy atom. The largest absolute Gasteiger partial charge is 0.505 e. The van der Waals surface area contributed by atoms with Crippen molar-refractivity contribution in [3.05, 3.63) is 22.2 Å². The third kappa shape index (κ3) is 2.83. The molecule has 0 spiro atoms. The van der Waals surface area contributed by atoms with Gasteiger partial charge in [-0.3, -0.25) is 4.79 Å². The summed E-state index contributed by atoms with van der Waals surface area (Å²) in [6.07, 6.45) is 0.825. The van der Waals surface area contributed by atoms with Crippen LogP contribution in [0.4, 0.5) is 5.69 Å². The molecule has 0 radical (unpaired) electrons. The molecule has 1 aliphatic rings. The summed E-state index contributed by atoms with van der Waals surface area (Å²) >= 11 is 11.5. The highest BCUT2D eigenvalue weighted by molar-refractivity contribution is 6.37. The summed E-state index contributed by atoms with van der Waals surface area (Å²) < 4.78 is 0. The van der Waals surface area contributed by atoms with Gasteiger partial charge in [0.05, 0.1) is 16.0 Å². The molecule has 1 amide bonds. The first-order valence-corrected chi connectivity index (χ1v) is 6.03. The van der Waals surface area contributed by atoms with E-state index in [9.17, 15) is 9.90 Å². The van der Waals surface area contributed by atoms with Crippen molar-refractivity contribution in [2.45, 2.75) is 6.42 Å². The maximum Gasteiger partial charge on any atom is 0.228 e. The second kappa shape index (κ2) is 5.12. The topological polar surface area (TPSA) is 61.4 Å². The van der Waals surface area contributed by atoms with Crippen LogP contribution in [0, 0.1) is 5.92 Å². The number of carbonyl (C=O) groups excluding carboxylic acids is 1. The Balaban J connectivity index is 2.10. The van der Waals surface area contributed by atoms with Gasteiger partial charge in [0.15, 0.2) is 5.75 Å². The number of carbonyl (C=O) groups is 1. The lowest BCUT2D eigenvalue weighted by atomic mass is 10.1. The maximum absolute atomic E-state index is 11.8. The van der Waals surface area contributed by atoms with Gasteiger partial charge in [-0.1, -0.05) is 23.2 Å². The molecule has 0 aliphatic carbocycles. The fourth-order valence-electron chi connectivity index (χ4n) is 1.76. The zero-order valence-electron chi connectivity index (χ0n) is 8.96. The average Bonchev–Trinajstić information content (AvgIpc) is 2.79. The van der Waals surface area contributed by atoms with Crippen LogP contribution < -0.4 is 10.6 Å². The molecule has 1 aliphatic heterocycles. The quantitative estimate of drug-likeness (QED) is 0.725. The van der Waals surface area contributed by atoms with Crippen LogP contribution in [0.5, 0.6) is 5.75 Å². The van der Waals surface area contributed by atoms with Crippen molar-refractivity contribution < 1.29 is 9.90 Å². The highest BCUT2D eigenvalue weighted by Gasteiger charge is 2.22. The van der Waals surface area contributed by atoms with Crippen molar-refractivity contribution >= 4 is 34.8 Å². The number of halogens is 2. The first-order chi connectivity index (χ1) is 8.08. The second-order valence-corrected chi connectivity index (χ2v) is 4.78. The predicted octanol–water partition coefficient (Wildman–Crippen LogP) is 2.25. The fourth-order valence-corrected chi connectivity index (χ4v) is 2.25. The van der Waals surface area contributed by atoms with Crippen molar-refractivity contribution in [1.82, 2.24) is 5.32 Å². The number of hydrogen-bond acceptors (Lipinski definition) is 3. The number of hydrogen-bond donors (Lipinski definition) is 3. The van der Waals surface area contributed by atoms with E-state index in [0.717, 1.165) is 13.0 Å². The van der Waals surface area contributed by atoms with E-state index in [1.165, 1.54) is 12.1 Å². The molecular weight excluding hydrogens is 263 g/mol. The number of nitrogens with one attached hydrogen (secondary N) is 2. The Labute approximate surface area is 109 Å². The van der Waals surface area contributed by atoms with Gasteiger partial charge < -0.3 is 15.7 Å². The van der Waals surface area contributed by atoms with Crippen molar-refractivity contribution in [3.8, 4) is 5.75 Å². The molecule has 1 aromatic carbocycles. The van der Waals surface area contributed by atoms with E-state index in [1.807, 2.05) is 0 Å². The van der Waals surface area contributed by atoms with Crippen LogP contribution in [-0.2, 0) is 4.79 Å². The number of phenolic OH excluding ortho intramolecular Hbond substituents is 1. The molecular formula is C11H12Cl2N2O2. The Kier molecular flexibility index (Phi) is 3.76. The molecule has 0 saturated carbocycles. The number of amides is 1. The third-order valence-electron chi connectivity index (χ3n) is 2.72. The highest BCUT2D eigenvalue weighted by Crippen LogP contribution is 2.34. The van der Waals surface area contributed by atoms with Gasteiger partial charge in [0.1, 0.15) is 0 Å². The van der Waals surface area contributed by atoms with Crippen molar-refractivity contribution in [3.63, 3.8) is 0 Å². The fraction of sp³-hybridized carbons (Fsp3) is 0.364. The molecule has 4 nitrogen and oxygen atoms in total. The van der Waals surface area contributed by atoms with E-state index in [2.05, 4.69) is 10.6 Å². The van der Waals surface area contributed by atoms with Crippen LogP contribution in [0.2, 0.25) is 10.0 Å². The summed E-state index contributed by atoms with van der Waals surface area (Å²) in [6.45, 7) is 1.54. The van der Waals surface area contributed by atoms with Crippen molar-refractivity contribution in [1.29, 1.82) is 0 Å². The van der Waals surface area contributed by atoms with Gasteiger partial charge in [-0.05, 0) is 25.1 Å². The van der Waals surface area contributed by atoms with Crippen LogP contribution in [0.15, 0.2) is 12.1 Å². The molecule has 1 fully saturated rings. The van der Waals surface area contributed by atoms with E-state index in [1.54, 1.807) is 0 Å². The van der Waals surface area contributed by atoms with Crippen LogP contribution in [0.3, 0.4) is 0 Å². The van der Waals surface area contributed by atoms with E-state index >= 15 is 0 Å². The molecule has 2 rings (SSSR count). The predicted molar refractivity (Wildman–Crippen MR) is 67.7 cm³/mol. The van der Waals surface area contributed by atoms with Crippen molar-refractivity contribution in [2.24, 2.45) is 5.92 Å². The number of aromatic hydroxyl groups is 1. The lowest BCUT2D eigenvalue weighted by molar-refractivity contribution is -0.119. The van der Waals surface area contributed by atoms with Gasteiger partial charge in [-0.15, -0.1) is 0 Å². The summed E-state index contributed by atoms with van der Waals surface area (Å²) in [5.74, 6) is -0.261. The molecule has 1 saturated heterocycles. The zero-order chi connectivity index (χ0) is 12.4. The molecule has 1 atom stereocenters. The van der Waals surface area contributed by atoms with Crippen LogP contribution >= 0.6 is 23.2 Å². The Bertz CT molecular complexity index is 422. The molecule has 0 aromatic heterocycles. The first-order valence-electron chi connectivity index (χ1n) is 5.27. The first kappa shape index (κ1) is 12.5. The average molecular weight is 275 g/mol. The smallest absolute Gasteiger partial charge is 0.228 e. The third-order valence-corrected chi connectivity index (χ3v) is 3.29. The lowest BCUT2D eigenvalue weighted by Crippen LogP contribution is -2.24. The summed E-state index contributed by atoms with van der Waals surface area (Å²) in [7, 11) is 0. The van der Waals surface area contributed by atoms with Gasteiger partial charge in [0, 0.05) is 12.2 Å². The van der Waals surface area contributed by atoms with Crippen molar-refractivity contribution in [2.75, 3.05) is 18.4 Å². The minimum atomic E-state index is -0.172. The standard InChI is InChI=1S/C11H12Cl2N2O2/c12-8-3-7(4-9(13)10(8)16)15-11(17)6-1-2-14-5-6/h3-4,6,14,16H,1-2,5H2,(H,15,17). The molecule has 1 unspecified atom stereocenters. The van der Waals surface area contributed by atoms with E-state index in [-0.39, 0.29) is 27.6 Å². The minimum absolute atomic E-state index is 0.0265. The van der Waals surface area contributed by atoms with Gasteiger partial charge in [-0.25, -0.2) is 0 Å². The minimum Gasteiger partial charge on any atom is -0.505 e. The highest BCUT2D eigenvalue weighted by atomic mass is 35.5. The number of benzene rings is 1. The lowest BCUT2D eigenvalue weighted by Gasteiger charge is -2.11. The van der Waals surface area contributed by atoms with Gasteiger partial charge in [0.2, 0.25) is 5.91 Å².